The highest BCUT2D eigenvalue weighted by atomic mass is 79.9. The fourth-order valence-corrected chi connectivity index (χ4v) is 2.08. The van der Waals surface area contributed by atoms with Gasteiger partial charge in [-0.2, -0.15) is 0 Å². The van der Waals surface area contributed by atoms with Crippen molar-refractivity contribution < 1.29 is 5.11 Å². The normalized spacial score (nSPS) is 23.3. The first kappa shape index (κ1) is 11.5. The van der Waals surface area contributed by atoms with Crippen LogP contribution in [0.4, 0.5) is 0 Å². The standard InChI is InChI=1S/C10H20BrNO/c1-10(13)4-8-12(9-5-10)7-3-2-6-11/h13H,2-9H2,1H3. The molecule has 0 bridgehead atoms. The molecule has 1 aliphatic heterocycles. The third-order valence-electron chi connectivity index (χ3n) is 2.79. The summed E-state index contributed by atoms with van der Waals surface area (Å²) < 4.78 is 0. The number of halogens is 1. The molecule has 2 nitrogen and oxygen atoms in total. The number of aliphatic hydroxyl groups is 1. The Morgan fingerprint density at radius 3 is 2.46 bits per heavy atom. The van der Waals surface area contributed by atoms with Gasteiger partial charge < -0.3 is 10.0 Å². The van der Waals surface area contributed by atoms with Gasteiger partial charge in [-0.05, 0) is 39.2 Å². The van der Waals surface area contributed by atoms with Crippen LogP contribution in [0, 0.1) is 0 Å². The van der Waals surface area contributed by atoms with Gasteiger partial charge in [-0.1, -0.05) is 15.9 Å². The van der Waals surface area contributed by atoms with Crippen LogP contribution < -0.4 is 0 Å². The van der Waals surface area contributed by atoms with E-state index in [-0.39, 0.29) is 0 Å². The van der Waals surface area contributed by atoms with E-state index in [1.807, 2.05) is 6.92 Å². The van der Waals surface area contributed by atoms with Crippen LogP contribution in [0.3, 0.4) is 0 Å². The minimum Gasteiger partial charge on any atom is -0.390 e. The summed E-state index contributed by atoms with van der Waals surface area (Å²) in [5.74, 6) is 0. The Hall–Kier alpha value is 0.400. The molecule has 1 aliphatic rings. The molecule has 1 saturated heterocycles. The Balaban J connectivity index is 2.11. The Labute approximate surface area is 89.4 Å². The van der Waals surface area contributed by atoms with Crippen molar-refractivity contribution in [3.63, 3.8) is 0 Å². The molecular weight excluding hydrogens is 230 g/mol. The van der Waals surface area contributed by atoms with Gasteiger partial charge in [0.25, 0.3) is 0 Å². The lowest BCUT2D eigenvalue weighted by Gasteiger charge is -2.35. The van der Waals surface area contributed by atoms with E-state index in [1.165, 1.54) is 19.4 Å². The SMILES string of the molecule is CC1(O)CCN(CCCCBr)CC1. The molecule has 1 fully saturated rings. The van der Waals surface area contributed by atoms with E-state index in [0.29, 0.717) is 0 Å². The fourth-order valence-electron chi connectivity index (χ4n) is 1.69. The molecule has 0 unspecified atom stereocenters. The van der Waals surface area contributed by atoms with Crippen LogP contribution in [0.2, 0.25) is 0 Å². The summed E-state index contributed by atoms with van der Waals surface area (Å²) in [7, 11) is 0. The van der Waals surface area contributed by atoms with Crippen molar-refractivity contribution in [2.45, 2.75) is 38.2 Å². The van der Waals surface area contributed by atoms with Gasteiger partial charge in [0.05, 0.1) is 5.60 Å². The number of alkyl halides is 1. The van der Waals surface area contributed by atoms with Gasteiger partial charge in [0.2, 0.25) is 0 Å². The average molecular weight is 250 g/mol. The lowest BCUT2D eigenvalue weighted by Crippen LogP contribution is -2.42. The molecule has 0 amide bonds. The third kappa shape index (κ3) is 4.43. The Morgan fingerprint density at radius 2 is 1.92 bits per heavy atom. The number of likely N-dealkylation sites (tertiary alicyclic amines) is 1. The molecular formula is C10H20BrNO. The summed E-state index contributed by atoms with van der Waals surface area (Å²) in [5.41, 5.74) is -0.397. The maximum Gasteiger partial charge on any atom is 0.0644 e. The molecule has 0 atom stereocenters. The quantitative estimate of drug-likeness (QED) is 0.609. The molecule has 0 aromatic carbocycles. The maximum absolute atomic E-state index is 9.73. The molecule has 0 aromatic heterocycles. The largest absolute Gasteiger partial charge is 0.390 e. The van der Waals surface area contributed by atoms with E-state index < -0.39 is 5.60 Å². The summed E-state index contributed by atoms with van der Waals surface area (Å²) >= 11 is 3.43. The highest BCUT2D eigenvalue weighted by Crippen LogP contribution is 2.21. The average Bonchev–Trinajstić information content (AvgIpc) is 2.08. The monoisotopic (exact) mass is 249 g/mol. The number of nitrogens with zero attached hydrogens (tertiary/aromatic N) is 1. The van der Waals surface area contributed by atoms with E-state index in [2.05, 4.69) is 20.8 Å². The van der Waals surface area contributed by atoms with E-state index in [4.69, 9.17) is 0 Å². The highest BCUT2D eigenvalue weighted by molar-refractivity contribution is 9.09. The summed E-state index contributed by atoms with van der Waals surface area (Å²) in [5, 5.41) is 10.8. The van der Waals surface area contributed by atoms with Gasteiger partial charge >= 0.3 is 0 Å². The Kier molecular flexibility index (Phi) is 4.70. The highest BCUT2D eigenvalue weighted by Gasteiger charge is 2.26. The van der Waals surface area contributed by atoms with E-state index in [0.717, 1.165) is 31.3 Å². The van der Waals surface area contributed by atoms with Gasteiger partial charge in [-0.3, -0.25) is 0 Å². The number of piperidine rings is 1. The van der Waals surface area contributed by atoms with Crippen molar-refractivity contribution in [1.82, 2.24) is 4.90 Å². The van der Waals surface area contributed by atoms with Crippen LogP contribution in [-0.4, -0.2) is 40.6 Å². The molecule has 78 valence electrons. The maximum atomic E-state index is 9.73. The minimum absolute atomic E-state index is 0.397. The van der Waals surface area contributed by atoms with Gasteiger partial charge in [-0.15, -0.1) is 0 Å². The number of unbranched alkanes of at least 4 members (excludes halogenated alkanes) is 1. The molecule has 1 heterocycles. The van der Waals surface area contributed by atoms with E-state index >= 15 is 0 Å². The second-order valence-corrected chi connectivity index (χ2v) is 5.03. The molecule has 0 spiro atoms. The zero-order valence-electron chi connectivity index (χ0n) is 8.43. The summed E-state index contributed by atoms with van der Waals surface area (Å²) in [4.78, 5) is 2.46. The molecule has 3 heteroatoms. The van der Waals surface area contributed by atoms with Crippen molar-refractivity contribution in [1.29, 1.82) is 0 Å². The molecule has 1 N–H and O–H groups in total. The molecule has 0 aliphatic carbocycles. The van der Waals surface area contributed by atoms with Crippen molar-refractivity contribution in [3.8, 4) is 0 Å². The van der Waals surface area contributed by atoms with Gasteiger partial charge in [0.1, 0.15) is 0 Å². The second kappa shape index (κ2) is 5.32. The Bertz CT molecular complexity index is 140. The molecule has 0 saturated carbocycles. The van der Waals surface area contributed by atoms with Gasteiger partial charge in [0, 0.05) is 18.4 Å². The van der Waals surface area contributed by atoms with Crippen LogP contribution in [0.25, 0.3) is 0 Å². The van der Waals surface area contributed by atoms with Crippen molar-refractivity contribution in [2.24, 2.45) is 0 Å². The van der Waals surface area contributed by atoms with Crippen LogP contribution in [0.1, 0.15) is 32.6 Å². The van der Waals surface area contributed by atoms with Gasteiger partial charge in [0.15, 0.2) is 0 Å². The minimum atomic E-state index is -0.397. The lowest BCUT2D eigenvalue weighted by atomic mass is 9.94. The first-order valence-electron chi connectivity index (χ1n) is 5.15. The van der Waals surface area contributed by atoms with Crippen molar-refractivity contribution in [3.05, 3.63) is 0 Å². The summed E-state index contributed by atoms with van der Waals surface area (Å²) in [6.45, 7) is 5.27. The van der Waals surface area contributed by atoms with Crippen molar-refractivity contribution in [2.75, 3.05) is 25.0 Å². The smallest absolute Gasteiger partial charge is 0.0644 e. The van der Waals surface area contributed by atoms with E-state index in [1.54, 1.807) is 0 Å². The van der Waals surface area contributed by atoms with Crippen molar-refractivity contribution >= 4 is 15.9 Å². The zero-order chi connectivity index (χ0) is 9.73. The third-order valence-corrected chi connectivity index (χ3v) is 3.35. The van der Waals surface area contributed by atoms with Gasteiger partial charge in [-0.25, -0.2) is 0 Å². The number of hydrogen-bond donors (Lipinski definition) is 1. The van der Waals surface area contributed by atoms with Crippen LogP contribution >= 0.6 is 15.9 Å². The molecule has 0 radical (unpaired) electrons. The lowest BCUT2D eigenvalue weighted by molar-refractivity contribution is -0.00542. The summed E-state index contributed by atoms with van der Waals surface area (Å²) in [6.07, 6.45) is 4.39. The molecule has 13 heavy (non-hydrogen) atoms. The Morgan fingerprint density at radius 1 is 1.31 bits per heavy atom. The topological polar surface area (TPSA) is 23.5 Å². The van der Waals surface area contributed by atoms with Crippen LogP contribution in [0.15, 0.2) is 0 Å². The zero-order valence-corrected chi connectivity index (χ0v) is 10.0. The second-order valence-electron chi connectivity index (χ2n) is 4.23. The number of hydrogen-bond acceptors (Lipinski definition) is 2. The predicted octanol–water partition coefficient (Wildman–Crippen LogP) is 2.01. The first-order valence-corrected chi connectivity index (χ1v) is 6.27. The van der Waals surface area contributed by atoms with E-state index in [9.17, 15) is 5.11 Å². The fraction of sp³-hybridized carbons (Fsp3) is 1.00. The molecule has 1 rings (SSSR count). The first-order chi connectivity index (χ1) is 6.14. The molecule has 0 aromatic rings. The predicted molar refractivity (Wildman–Crippen MR) is 59.3 cm³/mol. The van der Waals surface area contributed by atoms with Crippen LogP contribution in [0.5, 0.6) is 0 Å². The van der Waals surface area contributed by atoms with Crippen LogP contribution in [-0.2, 0) is 0 Å². The summed E-state index contributed by atoms with van der Waals surface area (Å²) in [6, 6.07) is 0. The number of rotatable bonds is 4.